The second-order valence-electron chi connectivity index (χ2n) is 4.26. The fourth-order valence-corrected chi connectivity index (χ4v) is 3.11. The van der Waals surface area contributed by atoms with Crippen LogP contribution in [-0.2, 0) is 11.2 Å². The van der Waals surface area contributed by atoms with E-state index in [1.165, 1.54) is 17.7 Å². The molecular formula is C13H22ClNOS. The quantitative estimate of drug-likeness (QED) is 0.696. The van der Waals surface area contributed by atoms with Crippen LogP contribution in [0.5, 0.6) is 0 Å². The van der Waals surface area contributed by atoms with Gasteiger partial charge in [-0.05, 0) is 37.4 Å². The van der Waals surface area contributed by atoms with Gasteiger partial charge in [0.15, 0.2) is 0 Å². The van der Waals surface area contributed by atoms with E-state index in [-0.39, 0.29) is 0 Å². The van der Waals surface area contributed by atoms with E-state index in [0.717, 1.165) is 30.5 Å². The van der Waals surface area contributed by atoms with Crippen molar-refractivity contribution in [1.82, 2.24) is 5.32 Å². The zero-order chi connectivity index (χ0) is 12.5. The van der Waals surface area contributed by atoms with Gasteiger partial charge in [0.25, 0.3) is 0 Å². The second-order valence-corrected chi connectivity index (χ2v) is 6.06. The molecule has 0 radical (unpaired) electrons. The molecule has 2 nitrogen and oxygen atoms in total. The molecule has 98 valence electrons. The van der Waals surface area contributed by atoms with E-state index in [9.17, 15) is 0 Å². The van der Waals surface area contributed by atoms with Crippen LogP contribution in [0, 0.1) is 5.92 Å². The summed E-state index contributed by atoms with van der Waals surface area (Å²) in [7, 11) is 1.73. The average molecular weight is 276 g/mol. The lowest BCUT2D eigenvalue weighted by Crippen LogP contribution is -2.27. The third-order valence-electron chi connectivity index (χ3n) is 2.73. The monoisotopic (exact) mass is 275 g/mol. The van der Waals surface area contributed by atoms with Gasteiger partial charge in [0, 0.05) is 18.5 Å². The van der Waals surface area contributed by atoms with Gasteiger partial charge in [0.05, 0.1) is 10.9 Å². The van der Waals surface area contributed by atoms with Crippen LogP contribution in [0.4, 0.5) is 0 Å². The summed E-state index contributed by atoms with van der Waals surface area (Å²) in [4.78, 5) is 1.39. The lowest BCUT2D eigenvalue weighted by molar-refractivity contribution is 0.197. The predicted octanol–water partition coefficient (Wildman–Crippen LogP) is 3.60. The van der Waals surface area contributed by atoms with Crippen molar-refractivity contribution in [2.75, 3.05) is 26.8 Å². The molecular weight excluding hydrogens is 254 g/mol. The molecule has 4 heteroatoms. The topological polar surface area (TPSA) is 21.3 Å². The smallest absolute Gasteiger partial charge is 0.0931 e. The van der Waals surface area contributed by atoms with Crippen molar-refractivity contribution in [3.63, 3.8) is 0 Å². The lowest BCUT2D eigenvalue weighted by Gasteiger charge is -2.16. The molecule has 1 unspecified atom stereocenters. The minimum Gasteiger partial charge on any atom is -0.383 e. The standard InChI is InChI=1S/C13H22ClNOS/c1-3-4-11(10-15-7-8-16-2)9-12-5-6-13(14)17-12/h5-6,11,15H,3-4,7-10H2,1-2H3. The number of nitrogens with one attached hydrogen (secondary N) is 1. The van der Waals surface area contributed by atoms with E-state index in [2.05, 4.69) is 18.3 Å². The molecule has 0 aliphatic carbocycles. The molecule has 0 amide bonds. The normalized spacial score (nSPS) is 12.9. The van der Waals surface area contributed by atoms with Crippen molar-refractivity contribution < 1.29 is 4.74 Å². The fraction of sp³-hybridized carbons (Fsp3) is 0.692. The van der Waals surface area contributed by atoms with Gasteiger partial charge in [-0.15, -0.1) is 11.3 Å². The summed E-state index contributed by atoms with van der Waals surface area (Å²) in [6.45, 7) is 5.02. The molecule has 0 saturated carbocycles. The molecule has 1 N–H and O–H groups in total. The minimum atomic E-state index is 0.701. The van der Waals surface area contributed by atoms with Gasteiger partial charge >= 0.3 is 0 Å². The maximum Gasteiger partial charge on any atom is 0.0931 e. The van der Waals surface area contributed by atoms with Crippen LogP contribution in [0.1, 0.15) is 24.6 Å². The summed E-state index contributed by atoms with van der Waals surface area (Å²) in [5.41, 5.74) is 0. The Labute approximate surface area is 113 Å². The molecule has 1 aromatic heterocycles. The molecule has 1 rings (SSSR count). The first-order valence-electron chi connectivity index (χ1n) is 6.20. The average Bonchev–Trinajstić information content (AvgIpc) is 2.70. The van der Waals surface area contributed by atoms with Crippen molar-refractivity contribution in [3.05, 3.63) is 21.3 Å². The molecule has 0 bridgehead atoms. The summed E-state index contributed by atoms with van der Waals surface area (Å²) in [6, 6.07) is 4.13. The summed E-state index contributed by atoms with van der Waals surface area (Å²) in [6.07, 6.45) is 3.62. The van der Waals surface area contributed by atoms with Crippen molar-refractivity contribution >= 4 is 22.9 Å². The predicted molar refractivity (Wildman–Crippen MR) is 76.2 cm³/mol. The van der Waals surface area contributed by atoms with E-state index in [1.807, 2.05) is 6.07 Å². The Morgan fingerprint density at radius 1 is 1.47 bits per heavy atom. The maximum absolute atomic E-state index is 5.95. The number of thiophene rings is 1. The first-order chi connectivity index (χ1) is 8.26. The Hall–Kier alpha value is -0.0900. The van der Waals surface area contributed by atoms with Gasteiger partial charge < -0.3 is 10.1 Å². The van der Waals surface area contributed by atoms with Crippen molar-refractivity contribution in [3.8, 4) is 0 Å². The highest BCUT2D eigenvalue weighted by atomic mass is 35.5. The first-order valence-corrected chi connectivity index (χ1v) is 7.39. The van der Waals surface area contributed by atoms with Gasteiger partial charge in [0.1, 0.15) is 0 Å². The van der Waals surface area contributed by atoms with E-state index < -0.39 is 0 Å². The van der Waals surface area contributed by atoms with Crippen molar-refractivity contribution in [2.24, 2.45) is 5.92 Å². The fourth-order valence-electron chi connectivity index (χ4n) is 1.91. The van der Waals surface area contributed by atoms with Crippen LogP contribution in [-0.4, -0.2) is 26.8 Å². The first kappa shape index (κ1) is 15.0. The Morgan fingerprint density at radius 3 is 2.88 bits per heavy atom. The lowest BCUT2D eigenvalue weighted by atomic mass is 9.99. The number of hydrogen-bond acceptors (Lipinski definition) is 3. The Bertz CT molecular complexity index is 303. The maximum atomic E-state index is 5.95. The summed E-state index contributed by atoms with van der Waals surface area (Å²) in [5.74, 6) is 0.701. The number of methoxy groups -OCH3 is 1. The van der Waals surface area contributed by atoms with Crippen molar-refractivity contribution in [2.45, 2.75) is 26.2 Å². The molecule has 0 aromatic carbocycles. The van der Waals surface area contributed by atoms with Crippen LogP contribution in [0.15, 0.2) is 12.1 Å². The van der Waals surface area contributed by atoms with E-state index >= 15 is 0 Å². The zero-order valence-corrected chi connectivity index (χ0v) is 12.2. The van der Waals surface area contributed by atoms with Crippen LogP contribution in [0.2, 0.25) is 4.34 Å². The summed E-state index contributed by atoms with van der Waals surface area (Å²) >= 11 is 7.65. The highest BCUT2D eigenvalue weighted by Crippen LogP contribution is 2.25. The zero-order valence-electron chi connectivity index (χ0n) is 10.7. The number of hydrogen-bond donors (Lipinski definition) is 1. The van der Waals surface area contributed by atoms with Gasteiger partial charge in [-0.1, -0.05) is 24.9 Å². The molecule has 17 heavy (non-hydrogen) atoms. The molecule has 0 spiro atoms. The van der Waals surface area contributed by atoms with Gasteiger partial charge in [-0.25, -0.2) is 0 Å². The summed E-state index contributed by atoms with van der Waals surface area (Å²) < 4.78 is 5.92. The Kier molecular flexibility index (Phi) is 7.86. The van der Waals surface area contributed by atoms with Crippen LogP contribution >= 0.6 is 22.9 Å². The van der Waals surface area contributed by atoms with Crippen LogP contribution < -0.4 is 5.32 Å². The second kappa shape index (κ2) is 8.92. The van der Waals surface area contributed by atoms with E-state index in [4.69, 9.17) is 16.3 Å². The third kappa shape index (κ3) is 6.41. The van der Waals surface area contributed by atoms with Gasteiger partial charge in [0.2, 0.25) is 0 Å². The molecule has 0 aliphatic heterocycles. The highest BCUT2D eigenvalue weighted by molar-refractivity contribution is 7.16. The minimum absolute atomic E-state index is 0.701. The molecule has 1 aromatic rings. The molecule has 1 heterocycles. The van der Waals surface area contributed by atoms with E-state index in [0.29, 0.717) is 5.92 Å². The van der Waals surface area contributed by atoms with Crippen LogP contribution in [0.25, 0.3) is 0 Å². The molecule has 1 atom stereocenters. The number of ether oxygens (including phenoxy) is 1. The highest BCUT2D eigenvalue weighted by Gasteiger charge is 2.10. The molecule has 0 aliphatic rings. The third-order valence-corrected chi connectivity index (χ3v) is 3.99. The number of halogens is 1. The Morgan fingerprint density at radius 2 is 2.29 bits per heavy atom. The Balaban J connectivity index is 2.32. The van der Waals surface area contributed by atoms with Gasteiger partial charge in [-0.2, -0.15) is 0 Å². The SMILES string of the molecule is CCCC(CNCCOC)Cc1ccc(Cl)s1. The van der Waals surface area contributed by atoms with Crippen LogP contribution in [0.3, 0.4) is 0 Å². The molecule has 0 fully saturated rings. The largest absolute Gasteiger partial charge is 0.383 e. The van der Waals surface area contributed by atoms with Crippen molar-refractivity contribution in [1.29, 1.82) is 0 Å². The number of rotatable bonds is 9. The summed E-state index contributed by atoms with van der Waals surface area (Å²) in [5, 5.41) is 3.44. The van der Waals surface area contributed by atoms with Gasteiger partial charge in [-0.3, -0.25) is 0 Å². The van der Waals surface area contributed by atoms with E-state index in [1.54, 1.807) is 18.4 Å². The molecule has 0 saturated heterocycles.